The van der Waals surface area contributed by atoms with Crippen molar-refractivity contribution in [3.05, 3.63) is 72.9 Å². The summed E-state index contributed by atoms with van der Waals surface area (Å²) < 4.78 is 17.0. The van der Waals surface area contributed by atoms with Crippen LogP contribution >= 0.6 is 0 Å². The van der Waals surface area contributed by atoms with Gasteiger partial charge in [-0.1, -0.05) is 331 Å². The lowest BCUT2D eigenvalue weighted by molar-refractivity contribution is -0.167. The topological polar surface area (TPSA) is 78.9 Å². The predicted molar refractivity (Wildman–Crippen MR) is 353 cm³/mol. The molecule has 6 heteroatoms. The monoisotopic (exact) mass is 1130 g/mol. The minimum atomic E-state index is -0.779. The number of ether oxygens (including phenoxy) is 3. The van der Waals surface area contributed by atoms with Gasteiger partial charge in [0.2, 0.25) is 0 Å². The molecule has 0 aliphatic carbocycles. The molecule has 0 amide bonds. The quantitative estimate of drug-likeness (QED) is 0.0261. The lowest BCUT2D eigenvalue weighted by atomic mass is 10.0. The van der Waals surface area contributed by atoms with Gasteiger partial charge in [-0.3, -0.25) is 14.4 Å². The van der Waals surface area contributed by atoms with Crippen LogP contribution in [0.4, 0.5) is 0 Å². The Morgan fingerprint density at radius 3 is 0.778 bits per heavy atom. The van der Waals surface area contributed by atoms with Gasteiger partial charge in [0.15, 0.2) is 6.10 Å². The Balaban J connectivity index is 4.26. The van der Waals surface area contributed by atoms with Crippen LogP contribution < -0.4 is 0 Å². The van der Waals surface area contributed by atoms with E-state index in [1.807, 2.05) is 0 Å². The van der Waals surface area contributed by atoms with Gasteiger partial charge in [-0.05, 0) is 89.9 Å². The molecule has 81 heavy (non-hydrogen) atoms. The molecule has 0 saturated heterocycles. The van der Waals surface area contributed by atoms with E-state index in [9.17, 15) is 14.4 Å². The molecule has 1 atom stereocenters. The minimum Gasteiger partial charge on any atom is -0.462 e. The fraction of sp³-hybridized carbons (Fsp3) is 0.800. The fourth-order valence-corrected chi connectivity index (χ4v) is 10.4. The maximum Gasteiger partial charge on any atom is 0.306 e. The number of carbonyl (C=O) groups is 3. The summed E-state index contributed by atoms with van der Waals surface area (Å²) in [7, 11) is 0. The molecule has 0 aromatic rings. The van der Waals surface area contributed by atoms with E-state index in [1.54, 1.807) is 0 Å². The molecular weight excluding hydrogens is 997 g/mol. The Kier molecular flexibility index (Phi) is 66.6. The van der Waals surface area contributed by atoms with Gasteiger partial charge in [0, 0.05) is 19.3 Å². The maximum absolute atomic E-state index is 13.0. The first-order chi connectivity index (χ1) is 40.0. The van der Waals surface area contributed by atoms with Crippen molar-refractivity contribution < 1.29 is 28.6 Å². The number of esters is 3. The summed E-state index contributed by atoms with van der Waals surface area (Å²) in [4.78, 5) is 38.4. The van der Waals surface area contributed by atoms with Crippen molar-refractivity contribution in [1.29, 1.82) is 0 Å². The molecule has 0 aliphatic heterocycles. The summed E-state index contributed by atoms with van der Waals surface area (Å²) >= 11 is 0. The third-order valence-corrected chi connectivity index (χ3v) is 15.7. The van der Waals surface area contributed by atoms with E-state index in [0.29, 0.717) is 19.3 Å². The van der Waals surface area contributed by atoms with Crippen molar-refractivity contribution in [3.63, 3.8) is 0 Å². The van der Waals surface area contributed by atoms with Gasteiger partial charge in [0.1, 0.15) is 13.2 Å². The van der Waals surface area contributed by atoms with E-state index in [1.165, 1.54) is 231 Å². The molecule has 6 nitrogen and oxygen atoms in total. The van der Waals surface area contributed by atoms with Gasteiger partial charge in [-0.2, -0.15) is 0 Å². The van der Waals surface area contributed by atoms with Crippen LogP contribution in [0.15, 0.2) is 72.9 Å². The lowest BCUT2D eigenvalue weighted by Gasteiger charge is -2.18. The zero-order valence-electron chi connectivity index (χ0n) is 54.1. The Labute approximate surface area is 503 Å². The summed E-state index contributed by atoms with van der Waals surface area (Å²) in [6, 6.07) is 0. The van der Waals surface area contributed by atoms with Gasteiger partial charge in [0.05, 0.1) is 0 Å². The SMILES string of the molecule is CC/C=C\C/C=C\C/C=C\C/C=C\C/C=C\CCCCCCCCCCCCCC(=O)OCC(COC(=O)CCCCCCC/C=C\CCCCCC)OC(=O)CCCCCCCCCCCCCCCCCCCCCCCCC. The summed E-state index contributed by atoms with van der Waals surface area (Å²) in [5.74, 6) is -0.864. The second-order valence-corrected chi connectivity index (χ2v) is 23.8. The summed E-state index contributed by atoms with van der Waals surface area (Å²) in [6.45, 7) is 6.56. The van der Waals surface area contributed by atoms with Crippen LogP contribution in [0.5, 0.6) is 0 Å². The zero-order valence-corrected chi connectivity index (χ0v) is 54.1. The molecule has 0 rings (SSSR count). The largest absolute Gasteiger partial charge is 0.462 e. The molecule has 0 aromatic heterocycles. The predicted octanol–water partition coefficient (Wildman–Crippen LogP) is 24.4. The van der Waals surface area contributed by atoms with Gasteiger partial charge in [-0.15, -0.1) is 0 Å². The van der Waals surface area contributed by atoms with E-state index in [0.717, 1.165) is 96.3 Å². The summed E-state index contributed by atoms with van der Waals surface area (Å²) in [5.41, 5.74) is 0. The Morgan fingerprint density at radius 1 is 0.259 bits per heavy atom. The molecule has 0 radical (unpaired) electrons. The highest BCUT2D eigenvalue weighted by Crippen LogP contribution is 2.18. The van der Waals surface area contributed by atoms with E-state index in [4.69, 9.17) is 14.2 Å². The van der Waals surface area contributed by atoms with Gasteiger partial charge < -0.3 is 14.2 Å². The standard InChI is InChI=1S/C75H134O6/c1-4-7-10-13-16-19-22-25-27-29-31-33-35-36-37-38-40-41-43-45-47-50-53-56-59-62-65-68-74(77)80-71-72(70-79-73(76)67-64-61-58-55-52-49-24-21-18-15-12-9-6-3)81-75(78)69-66-63-60-57-54-51-48-46-44-42-39-34-32-30-28-26-23-20-17-14-11-8-5-2/h7,10,16,19,21,24-25,27,31,33,36-37,72H,4-6,8-9,11-15,17-18,20,22-23,26,28-30,32,34-35,38-71H2,1-3H3/b10-7-,19-16-,24-21-,27-25-,33-31-,37-36-. The van der Waals surface area contributed by atoms with Crippen LogP contribution in [0.25, 0.3) is 0 Å². The highest BCUT2D eigenvalue weighted by Gasteiger charge is 2.19. The highest BCUT2D eigenvalue weighted by atomic mass is 16.6. The minimum absolute atomic E-state index is 0.0756. The normalized spacial score (nSPS) is 12.5. The molecule has 0 fully saturated rings. The zero-order chi connectivity index (χ0) is 58.5. The fourth-order valence-electron chi connectivity index (χ4n) is 10.4. The first-order valence-corrected chi connectivity index (χ1v) is 35.4. The van der Waals surface area contributed by atoms with Crippen molar-refractivity contribution in [2.45, 2.75) is 374 Å². The molecule has 470 valence electrons. The molecule has 1 unspecified atom stereocenters. The first kappa shape index (κ1) is 77.9. The molecule has 0 aromatic carbocycles. The van der Waals surface area contributed by atoms with E-state index in [-0.39, 0.29) is 31.1 Å². The molecular formula is C75H134O6. The number of carbonyl (C=O) groups excluding carboxylic acids is 3. The van der Waals surface area contributed by atoms with Crippen LogP contribution in [0, 0.1) is 0 Å². The number of unbranched alkanes of at least 4 members (excludes halogenated alkanes) is 42. The lowest BCUT2D eigenvalue weighted by Crippen LogP contribution is -2.30. The molecule has 0 saturated carbocycles. The van der Waals surface area contributed by atoms with Crippen LogP contribution in [-0.2, 0) is 28.6 Å². The number of hydrogen-bond donors (Lipinski definition) is 0. The first-order valence-electron chi connectivity index (χ1n) is 35.4. The van der Waals surface area contributed by atoms with Crippen molar-refractivity contribution in [2.75, 3.05) is 13.2 Å². The highest BCUT2D eigenvalue weighted by molar-refractivity contribution is 5.71. The Hall–Kier alpha value is -3.15. The van der Waals surface area contributed by atoms with E-state index < -0.39 is 6.10 Å². The van der Waals surface area contributed by atoms with E-state index >= 15 is 0 Å². The number of rotatable bonds is 65. The smallest absolute Gasteiger partial charge is 0.306 e. The molecule has 0 heterocycles. The Bertz CT molecular complexity index is 1490. The number of hydrogen-bond acceptors (Lipinski definition) is 6. The van der Waals surface area contributed by atoms with E-state index in [2.05, 4.69) is 93.7 Å². The van der Waals surface area contributed by atoms with Crippen molar-refractivity contribution in [2.24, 2.45) is 0 Å². The van der Waals surface area contributed by atoms with Gasteiger partial charge in [-0.25, -0.2) is 0 Å². The second-order valence-electron chi connectivity index (χ2n) is 23.8. The average molecular weight is 1130 g/mol. The van der Waals surface area contributed by atoms with Crippen molar-refractivity contribution in [1.82, 2.24) is 0 Å². The molecule has 0 bridgehead atoms. The average Bonchev–Trinajstić information content (AvgIpc) is 3.46. The third kappa shape index (κ3) is 67.5. The number of allylic oxidation sites excluding steroid dienone is 12. The van der Waals surface area contributed by atoms with Crippen molar-refractivity contribution >= 4 is 17.9 Å². The van der Waals surface area contributed by atoms with Crippen LogP contribution in [0.3, 0.4) is 0 Å². The van der Waals surface area contributed by atoms with Gasteiger partial charge >= 0.3 is 17.9 Å². The third-order valence-electron chi connectivity index (χ3n) is 15.7. The van der Waals surface area contributed by atoms with Crippen molar-refractivity contribution in [3.8, 4) is 0 Å². The van der Waals surface area contributed by atoms with Crippen LogP contribution in [0.2, 0.25) is 0 Å². The molecule has 0 aliphatic rings. The second kappa shape index (κ2) is 69.3. The Morgan fingerprint density at radius 2 is 0.481 bits per heavy atom. The molecule has 0 N–H and O–H groups in total. The summed E-state index contributed by atoms with van der Waals surface area (Å²) in [6.07, 6.45) is 90.7. The molecule has 0 spiro atoms. The van der Waals surface area contributed by atoms with Crippen LogP contribution in [0.1, 0.15) is 367 Å². The van der Waals surface area contributed by atoms with Crippen LogP contribution in [-0.4, -0.2) is 37.2 Å². The summed E-state index contributed by atoms with van der Waals surface area (Å²) in [5, 5.41) is 0. The maximum atomic E-state index is 13.0. The van der Waals surface area contributed by atoms with Gasteiger partial charge in [0.25, 0.3) is 0 Å².